The van der Waals surface area contributed by atoms with Gasteiger partial charge in [0.25, 0.3) is 5.56 Å². The van der Waals surface area contributed by atoms with Crippen LogP contribution in [0.1, 0.15) is 33.6 Å². The van der Waals surface area contributed by atoms with Crippen molar-refractivity contribution in [1.82, 2.24) is 28.8 Å². The van der Waals surface area contributed by atoms with Crippen LogP contribution in [0.2, 0.25) is 15.2 Å². The quantitative estimate of drug-likeness (QED) is 0.246. The highest BCUT2D eigenvalue weighted by molar-refractivity contribution is 7.89. The van der Waals surface area contributed by atoms with E-state index < -0.39 is 31.7 Å². The fourth-order valence-corrected chi connectivity index (χ4v) is 10.3. The molecule has 51 heavy (non-hydrogen) atoms. The zero-order valence-corrected chi connectivity index (χ0v) is 32.5. The number of benzene rings is 2. The van der Waals surface area contributed by atoms with Gasteiger partial charge in [0, 0.05) is 79.2 Å². The Morgan fingerprint density at radius 3 is 2.08 bits per heavy atom. The number of nitrogens with one attached hydrogen (secondary N) is 2. The molecule has 13 nitrogen and oxygen atoms in total. The number of carbonyl (C=O) groups is 1. The third-order valence-corrected chi connectivity index (χ3v) is 13.5. The van der Waals surface area contributed by atoms with E-state index in [1.807, 2.05) is 7.05 Å². The number of aromatic nitrogens is 2. The fraction of sp³-hybridized carbons (Fsp3) is 0.424. The number of rotatable bonds is 6. The summed E-state index contributed by atoms with van der Waals surface area (Å²) in [5, 5.41) is 5.08. The van der Waals surface area contributed by atoms with Gasteiger partial charge in [-0.2, -0.15) is 8.61 Å². The monoisotopic (exact) mass is 800 g/mol. The van der Waals surface area contributed by atoms with Gasteiger partial charge in [-0.25, -0.2) is 26.6 Å². The van der Waals surface area contributed by atoms with Crippen LogP contribution >= 0.6 is 34.8 Å². The molecule has 2 aromatic heterocycles. The minimum atomic E-state index is -3.85. The van der Waals surface area contributed by atoms with Crippen LogP contribution in [0, 0.1) is 0 Å². The van der Waals surface area contributed by atoms with Gasteiger partial charge in [0.1, 0.15) is 10.8 Å². The number of hydrogen-bond donors (Lipinski definition) is 2. The first-order valence-corrected chi connectivity index (χ1v) is 20.0. The molecule has 0 unspecified atom stereocenters. The van der Waals surface area contributed by atoms with E-state index in [1.54, 1.807) is 52.1 Å². The molecule has 2 saturated heterocycles. The first kappa shape index (κ1) is 39.2. The van der Waals surface area contributed by atoms with E-state index in [2.05, 4.69) is 15.3 Å². The van der Waals surface area contributed by atoms with Crippen LogP contribution in [0.15, 0.2) is 63.4 Å². The second-order valence-corrected chi connectivity index (χ2v) is 18.2. The molecule has 2 aliphatic heterocycles. The molecule has 2 fully saturated rings. The summed E-state index contributed by atoms with van der Waals surface area (Å²) < 4.78 is 60.7. The van der Waals surface area contributed by atoms with Crippen molar-refractivity contribution in [3.8, 4) is 0 Å². The molecule has 4 heterocycles. The van der Waals surface area contributed by atoms with Gasteiger partial charge in [-0.3, -0.25) is 4.79 Å². The van der Waals surface area contributed by atoms with Crippen molar-refractivity contribution >= 4 is 82.5 Å². The molecule has 0 aliphatic carbocycles. The first-order chi connectivity index (χ1) is 23.9. The molecule has 276 valence electrons. The predicted molar refractivity (Wildman–Crippen MR) is 199 cm³/mol. The molecule has 2 N–H and O–H groups in total. The maximum Gasteiger partial charge on any atom is 0.410 e. The summed E-state index contributed by atoms with van der Waals surface area (Å²) in [6, 6.07) is 9.28. The van der Waals surface area contributed by atoms with Crippen molar-refractivity contribution in [2.45, 2.75) is 61.1 Å². The average Bonchev–Trinajstić information content (AvgIpc) is 3.79. The number of pyridine rings is 2. The van der Waals surface area contributed by atoms with Crippen molar-refractivity contribution in [2.75, 3.05) is 40.3 Å². The van der Waals surface area contributed by atoms with Crippen molar-refractivity contribution in [1.29, 1.82) is 0 Å². The molecule has 2 aromatic carbocycles. The number of carbonyl (C=O) groups excluding carboxylic acids is 1. The molecule has 0 saturated carbocycles. The average molecular weight is 802 g/mol. The van der Waals surface area contributed by atoms with Crippen LogP contribution in [0.4, 0.5) is 4.79 Å². The van der Waals surface area contributed by atoms with E-state index in [0.29, 0.717) is 30.3 Å². The Morgan fingerprint density at radius 1 is 0.922 bits per heavy atom. The molecule has 0 radical (unpaired) electrons. The number of halogens is 3. The van der Waals surface area contributed by atoms with Crippen molar-refractivity contribution < 1.29 is 26.4 Å². The summed E-state index contributed by atoms with van der Waals surface area (Å²) in [6.45, 7) is 6.68. The Balaban J connectivity index is 0.000000205. The summed E-state index contributed by atoms with van der Waals surface area (Å²) in [5.74, 6) is 0. The highest BCUT2D eigenvalue weighted by Gasteiger charge is 2.38. The van der Waals surface area contributed by atoms with E-state index in [-0.39, 0.29) is 66.5 Å². The lowest BCUT2D eigenvalue weighted by Gasteiger charge is -2.28. The maximum atomic E-state index is 13.3. The normalized spacial score (nSPS) is 18.9. The molecule has 18 heteroatoms. The Hall–Kier alpha value is -3.02. The van der Waals surface area contributed by atoms with Crippen molar-refractivity contribution in [3.05, 3.63) is 74.3 Å². The zero-order valence-electron chi connectivity index (χ0n) is 28.6. The Morgan fingerprint density at radius 2 is 1.49 bits per heavy atom. The van der Waals surface area contributed by atoms with Gasteiger partial charge in [-0.05, 0) is 58.9 Å². The van der Waals surface area contributed by atoms with Crippen LogP contribution in [-0.2, 0) is 24.8 Å². The molecule has 4 aromatic rings. The molecule has 2 aliphatic rings. The minimum Gasteiger partial charge on any atom is -0.444 e. The van der Waals surface area contributed by atoms with Crippen LogP contribution in [0.3, 0.4) is 0 Å². The highest BCUT2D eigenvalue weighted by atomic mass is 35.5. The topological polar surface area (TPSA) is 162 Å². The summed E-state index contributed by atoms with van der Waals surface area (Å²) in [6.07, 6.45) is 3.46. The van der Waals surface area contributed by atoms with E-state index in [4.69, 9.17) is 39.5 Å². The van der Waals surface area contributed by atoms with Gasteiger partial charge in [-0.15, -0.1) is 0 Å². The number of ether oxygens (including phenoxy) is 1. The summed E-state index contributed by atoms with van der Waals surface area (Å²) in [4.78, 5) is 32.3. The standard InChI is InChI=1S/C19H23Cl2N3O4S.C14H16ClN3O3S/c1-19(2,3)28-18(25)23(4)12-8-9-24(11-12)29(26,27)15-7-5-6-13-16(15)14(20)10-22-17(13)21;1-16-9-5-6-18(8-9)22(20,21)12-4-2-3-10-13(12)11(15)7-17-14(10)19/h5-7,10,12H,8-9,11H2,1-4H3;2-4,7,9,16H,5-6,8H2,1H3,(H,17,19)/t12-;9-/m11/s1. The number of hydrogen-bond acceptors (Lipinski definition) is 9. The maximum absolute atomic E-state index is 13.3. The SMILES string of the molecule is CN(C(=O)OC(C)(C)C)[C@@H]1CCN(S(=O)(=O)c2cccc3c(Cl)ncc(Cl)c23)C1.CN[C@@H]1CCN(S(=O)(=O)c2cccc3c(=O)[nH]cc(Cl)c23)C1. The lowest BCUT2D eigenvalue weighted by Crippen LogP contribution is -2.42. The van der Waals surface area contributed by atoms with Gasteiger partial charge >= 0.3 is 6.09 Å². The molecular weight excluding hydrogens is 763 g/mol. The summed E-state index contributed by atoms with van der Waals surface area (Å²) >= 11 is 18.5. The predicted octanol–water partition coefficient (Wildman–Crippen LogP) is 5.34. The largest absolute Gasteiger partial charge is 0.444 e. The molecule has 0 bridgehead atoms. The number of amides is 1. The molecular formula is C33H39Cl3N6O7S2. The van der Waals surface area contributed by atoms with Crippen LogP contribution in [0.25, 0.3) is 21.5 Å². The lowest BCUT2D eigenvalue weighted by atomic mass is 10.2. The van der Waals surface area contributed by atoms with Crippen molar-refractivity contribution in [3.63, 3.8) is 0 Å². The molecule has 1 amide bonds. The van der Waals surface area contributed by atoms with E-state index >= 15 is 0 Å². The Bertz CT molecular complexity index is 2250. The number of H-pyrrole nitrogens is 1. The van der Waals surface area contributed by atoms with E-state index in [1.165, 1.54) is 38.0 Å². The number of nitrogens with zero attached hydrogens (tertiary/aromatic N) is 4. The molecule has 2 atom stereocenters. The zero-order chi connectivity index (χ0) is 37.5. The van der Waals surface area contributed by atoms with Gasteiger partial charge in [0.05, 0.1) is 19.8 Å². The van der Waals surface area contributed by atoms with Crippen LogP contribution in [-0.4, -0.2) is 104 Å². The van der Waals surface area contributed by atoms with Gasteiger partial charge in [0.15, 0.2) is 0 Å². The van der Waals surface area contributed by atoms with Gasteiger partial charge in [0.2, 0.25) is 20.0 Å². The van der Waals surface area contributed by atoms with E-state index in [0.717, 1.165) is 6.42 Å². The number of fused-ring (bicyclic) bond motifs is 2. The highest BCUT2D eigenvalue weighted by Crippen LogP contribution is 2.36. The van der Waals surface area contributed by atoms with Crippen molar-refractivity contribution in [2.24, 2.45) is 0 Å². The minimum absolute atomic E-state index is 0.0740. The summed E-state index contributed by atoms with van der Waals surface area (Å²) in [5.41, 5.74) is -0.978. The Kier molecular flexibility index (Phi) is 11.6. The molecule has 6 rings (SSSR count). The number of likely N-dealkylation sites (N-methyl/N-ethyl adjacent to an activating group) is 2. The van der Waals surface area contributed by atoms with Crippen LogP contribution < -0.4 is 10.9 Å². The Labute approximate surface area is 311 Å². The smallest absolute Gasteiger partial charge is 0.410 e. The second kappa shape index (κ2) is 15.1. The van der Waals surface area contributed by atoms with Gasteiger partial charge < -0.3 is 19.9 Å². The second-order valence-electron chi connectivity index (χ2n) is 13.3. The third kappa shape index (κ3) is 8.15. The van der Waals surface area contributed by atoms with Gasteiger partial charge in [-0.1, -0.05) is 53.0 Å². The van der Waals surface area contributed by atoms with Crippen LogP contribution in [0.5, 0.6) is 0 Å². The first-order valence-electron chi connectivity index (χ1n) is 16.0. The fourth-order valence-electron chi connectivity index (χ4n) is 6.06. The molecule has 0 spiro atoms. The lowest BCUT2D eigenvalue weighted by molar-refractivity contribution is 0.0232. The number of aromatic amines is 1. The van der Waals surface area contributed by atoms with E-state index in [9.17, 15) is 26.4 Å². The number of sulfonamides is 2. The summed E-state index contributed by atoms with van der Waals surface area (Å²) in [7, 11) is -4.10. The third-order valence-electron chi connectivity index (χ3n) is 8.77.